The summed E-state index contributed by atoms with van der Waals surface area (Å²) in [7, 11) is 1.25. The van der Waals surface area contributed by atoms with Gasteiger partial charge in [-0.3, -0.25) is 4.79 Å². The molecule has 0 saturated heterocycles. The van der Waals surface area contributed by atoms with Crippen LogP contribution in [0, 0.1) is 12.8 Å². The fourth-order valence-electron chi connectivity index (χ4n) is 2.21. The Balaban J connectivity index is 2.98. The number of carbonyl (C=O) groups excluding carboxylic acids is 2. The zero-order chi connectivity index (χ0) is 18.3. The van der Waals surface area contributed by atoms with Gasteiger partial charge in [-0.15, -0.1) is 0 Å². The monoisotopic (exact) mass is 355 g/mol. The van der Waals surface area contributed by atoms with Crippen LogP contribution in [0.4, 0.5) is 0 Å². The summed E-state index contributed by atoms with van der Waals surface area (Å²) in [6.07, 6.45) is 3.35. The molecular weight excluding hydrogens is 330 g/mol. The van der Waals surface area contributed by atoms with Crippen molar-refractivity contribution >= 4 is 23.6 Å². The summed E-state index contributed by atoms with van der Waals surface area (Å²) in [5.41, 5.74) is -0.215. The van der Waals surface area contributed by atoms with Gasteiger partial charge in [0, 0.05) is 12.2 Å². The molecular formula is C17H25NO5S. The van der Waals surface area contributed by atoms with Crippen LogP contribution in [0.3, 0.4) is 0 Å². The van der Waals surface area contributed by atoms with Crippen molar-refractivity contribution in [1.82, 2.24) is 5.32 Å². The number of hydrogen-bond acceptors (Lipinski definition) is 6. The van der Waals surface area contributed by atoms with E-state index in [4.69, 9.17) is 4.42 Å². The van der Waals surface area contributed by atoms with E-state index in [1.807, 2.05) is 6.26 Å². The first kappa shape index (κ1) is 20.3. The van der Waals surface area contributed by atoms with E-state index in [1.54, 1.807) is 13.0 Å². The van der Waals surface area contributed by atoms with Crippen LogP contribution in [0.5, 0.6) is 0 Å². The second-order valence-corrected chi connectivity index (χ2v) is 6.91. The third-order valence-corrected chi connectivity index (χ3v) is 4.19. The Morgan fingerprint density at radius 3 is 2.54 bits per heavy atom. The molecule has 0 spiro atoms. The summed E-state index contributed by atoms with van der Waals surface area (Å²) >= 11 is 1.39. The molecule has 0 aliphatic rings. The molecule has 0 aliphatic heterocycles. The summed E-state index contributed by atoms with van der Waals surface area (Å²) in [6.45, 7) is 5.86. The average Bonchev–Trinajstić information content (AvgIpc) is 2.51. The molecule has 1 amide bonds. The average molecular weight is 355 g/mol. The first-order valence-corrected chi connectivity index (χ1v) is 9.20. The molecule has 0 aromatic carbocycles. The van der Waals surface area contributed by atoms with Crippen molar-refractivity contribution in [2.75, 3.05) is 19.1 Å². The van der Waals surface area contributed by atoms with E-state index >= 15 is 0 Å². The number of rotatable bonds is 8. The van der Waals surface area contributed by atoms with Gasteiger partial charge in [-0.2, -0.15) is 11.8 Å². The van der Waals surface area contributed by atoms with Crippen LogP contribution < -0.4 is 10.9 Å². The fraction of sp³-hybridized carbons (Fsp3) is 0.588. The zero-order valence-corrected chi connectivity index (χ0v) is 15.6. The van der Waals surface area contributed by atoms with E-state index in [0.717, 1.165) is 6.42 Å². The fourth-order valence-corrected chi connectivity index (χ4v) is 2.76. The Kier molecular flexibility index (Phi) is 8.04. The van der Waals surface area contributed by atoms with Crippen molar-refractivity contribution < 1.29 is 18.7 Å². The quantitative estimate of drug-likeness (QED) is 0.719. The molecule has 1 heterocycles. The van der Waals surface area contributed by atoms with Gasteiger partial charge in [0.1, 0.15) is 17.4 Å². The van der Waals surface area contributed by atoms with Crippen molar-refractivity contribution in [2.24, 2.45) is 5.92 Å². The van der Waals surface area contributed by atoms with Crippen LogP contribution in [-0.2, 0) is 16.0 Å². The predicted molar refractivity (Wildman–Crippen MR) is 94.5 cm³/mol. The maximum Gasteiger partial charge on any atom is 0.349 e. The van der Waals surface area contributed by atoms with Crippen LogP contribution in [0.25, 0.3) is 0 Å². The van der Waals surface area contributed by atoms with Crippen LogP contribution >= 0.6 is 11.8 Å². The number of esters is 1. The number of amides is 1. The van der Waals surface area contributed by atoms with E-state index in [-0.39, 0.29) is 5.56 Å². The van der Waals surface area contributed by atoms with E-state index in [0.29, 0.717) is 29.4 Å². The number of methoxy groups -OCH3 is 1. The largest absolute Gasteiger partial charge is 0.467 e. The Bertz CT molecular complexity index is 638. The van der Waals surface area contributed by atoms with E-state index in [2.05, 4.69) is 23.9 Å². The van der Waals surface area contributed by atoms with Crippen molar-refractivity contribution in [1.29, 1.82) is 0 Å². The lowest BCUT2D eigenvalue weighted by molar-refractivity contribution is -0.142. The number of thioether (sulfide) groups is 1. The third-order valence-electron chi connectivity index (χ3n) is 3.52. The number of ether oxygens (including phenoxy) is 1. The lowest BCUT2D eigenvalue weighted by Gasteiger charge is -2.15. The van der Waals surface area contributed by atoms with Gasteiger partial charge in [-0.1, -0.05) is 13.8 Å². The Hall–Kier alpha value is -1.76. The minimum Gasteiger partial charge on any atom is -0.467 e. The van der Waals surface area contributed by atoms with Gasteiger partial charge >= 0.3 is 11.6 Å². The summed E-state index contributed by atoms with van der Waals surface area (Å²) < 4.78 is 9.92. The molecule has 0 saturated carbocycles. The minimum absolute atomic E-state index is 0.0710. The van der Waals surface area contributed by atoms with Gasteiger partial charge in [-0.05, 0) is 37.1 Å². The summed E-state index contributed by atoms with van der Waals surface area (Å²) in [5.74, 6) is 0.242. The Labute approximate surface area is 146 Å². The zero-order valence-electron chi connectivity index (χ0n) is 14.8. The highest BCUT2D eigenvalue weighted by atomic mass is 32.2. The Morgan fingerprint density at radius 2 is 2.04 bits per heavy atom. The molecule has 0 aliphatic carbocycles. The first-order chi connectivity index (χ1) is 11.3. The highest BCUT2D eigenvalue weighted by Crippen LogP contribution is 2.12. The molecule has 7 heteroatoms. The standard InChI is InChI=1S/C17H25NO5S/c1-10(2)6-7-12-8-11(3)14(17(21)23-12)15(19)18-13(9-24-5)16(20)22-4/h8,10,13H,6-7,9H2,1-5H3,(H,18,19)/t13-/m0/s1. The van der Waals surface area contributed by atoms with Crippen LogP contribution in [-0.4, -0.2) is 37.0 Å². The van der Waals surface area contributed by atoms with Crippen molar-refractivity contribution in [2.45, 2.75) is 39.7 Å². The SMILES string of the molecule is COC(=O)[C@H](CSC)NC(=O)c1c(C)cc(CCC(C)C)oc1=O. The number of aryl methyl sites for hydroxylation is 2. The lowest BCUT2D eigenvalue weighted by atomic mass is 10.0. The highest BCUT2D eigenvalue weighted by Gasteiger charge is 2.24. The number of carbonyl (C=O) groups is 2. The molecule has 1 atom stereocenters. The molecule has 1 rings (SSSR count). The van der Waals surface area contributed by atoms with Crippen LogP contribution in [0.1, 0.15) is 41.9 Å². The topological polar surface area (TPSA) is 85.6 Å². The molecule has 0 unspecified atom stereocenters. The van der Waals surface area contributed by atoms with Gasteiger partial charge < -0.3 is 14.5 Å². The molecule has 1 N–H and O–H groups in total. The summed E-state index contributed by atoms with van der Waals surface area (Å²) in [4.78, 5) is 36.2. The third kappa shape index (κ3) is 5.70. The molecule has 0 bridgehead atoms. The van der Waals surface area contributed by atoms with E-state index < -0.39 is 23.5 Å². The molecule has 0 fully saturated rings. The van der Waals surface area contributed by atoms with E-state index in [9.17, 15) is 14.4 Å². The highest BCUT2D eigenvalue weighted by molar-refractivity contribution is 7.98. The minimum atomic E-state index is -0.808. The molecule has 24 heavy (non-hydrogen) atoms. The molecule has 1 aromatic heterocycles. The van der Waals surface area contributed by atoms with Gasteiger partial charge in [-0.25, -0.2) is 9.59 Å². The number of hydrogen-bond donors (Lipinski definition) is 1. The second kappa shape index (κ2) is 9.52. The van der Waals surface area contributed by atoms with Crippen molar-refractivity contribution in [3.63, 3.8) is 0 Å². The van der Waals surface area contributed by atoms with Gasteiger partial charge in [0.2, 0.25) is 0 Å². The first-order valence-electron chi connectivity index (χ1n) is 7.81. The normalized spacial score (nSPS) is 12.1. The summed E-state index contributed by atoms with van der Waals surface area (Å²) in [5, 5.41) is 2.54. The smallest absolute Gasteiger partial charge is 0.349 e. The Morgan fingerprint density at radius 1 is 1.38 bits per heavy atom. The summed E-state index contributed by atoms with van der Waals surface area (Å²) in [6, 6.07) is 0.900. The molecule has 0 radical (unpaired) electrons. The van der Waals surface area contributed by atoms with Crippen LogP contribution in [0.2, 0.25) is 0 Å². The second-order valence-electron chi connectivity index (χ2n) is 6.00. The van der Waals surface area contributed by atoms with Gasteiger partial charge in [0.25, 0.3) is 5.91 Å². The molecule has 134 valence electrons. The maximum atomic E-state index is 12.4. The molecule has 1 aromatic rings. The van der Waals surface area contributed by atoms with Gasteiger partial charge in [0.05, 0.1) is 7.11 Å². The maximum absolute atomic E-state index is 12.4. The van der Waals surface area contributed by atoms with E-state index in [1.165, 1.54) is 18.9 Å². The predicted octanol–water partition coefficient (Wildman–Crippen LogP) is 2.17. The van der Waals surface area contributed by atoms with Crippen LogP contribution in [0.15, 0.2) is 15.3 Å². The van der Waals surface area contributed by atoms with Crippen molar-refractivity contribution in [3.05, 3.63) is 33.4 Å². The van der Waals surface area contributed by atoms with Crippen molar-refractivity contribution in [3.8, 4) is 0 Å². The lowest BCUT2D eigenvalue weighted by Crippen LogP contribution is -2.44. The molecule has 6 nitrogen and oxygen atoms in total. The van der Waals surface area contributed by atoms with Gasteiger partial charge in [0.15, 0.2) is 0 Å². The number of nitrogens with one attached hydrogen (secondary N) is 1.